The minimum atomic E-state index is 0.583. The number of hydrogen-bond acceptors (Lipinski definition) is 3. The molecule has 0 bridgehead atoms. The maximum absolute atomic E-state index is 4.54. The maximum Gasteiger partial charge on any atom is 0.137 e. The molecule has 1 aromatic heterocycles. The molecule has 1 unspecified atom stereocenters. The molecule has 2 aromatic rings. The Bertz CT molecular complexity index is 693. The number of rotatable bonds is 3. The van der Waals surface area contributed by atoms with Crippen LogP contribution in [0.25, 0.3) is 0 Å². The number of piperidine rings is 1. The minimum absolute atomic E-state index is 0.583. The lowest BCUT2D eigenvalue weighted by Gasteiger charge is -2.32. The summed E-state index contributed by atoms with van der Waals surface area (Å²) in [4.78, 5) is 2.72. The Morgan fingerprint density at radius 2 is 1.91 bits per heavy atom. The molecule has 23 heavy (non-hydrogen) atoms. The molecule has 2 fully saturated rings. The van der Waals surface area contributed by atoms with Crippen LogP contribution in [0, 0.1) is 0 Å². The number of hydrogen-bond donors (Lipinski definition) is 0. The van der Waals surface area contributed by atoms with Gasteiger partial charge in [-0.3, -0.25) is 4.90 Å². The van der Waals surface area contributed by atoms with Crippen LogP contribution in [0.15, 0.2) is 30.3 Å². The predicted octanol–water partition coefficient (Wildman–Crippen LogP) is 2.96. The standard InChI is InChI=1S/C19H24N4/c1-2-6-14(7-3-1)16-12-17(16)22-10-4-8-15(13-22)19-21-20-18-9-5-11-23(18)19/h1-3,6-7,15-17H,4-5,8-13H2/t15?,16-,17-/m0/s1. The summed E-state index contributed by atoms with van der Waals surface area (Å²) in [5.41, 5.74) is 1.52. The van der Waals surface area contributed by atoms with Crippen molar-refractivity contribution in [2.45, 2.75) is 56.5 Å². The topological polar surface area (TPSA) is 34.0 Å². The molecule has 0 spiro atoms. The van der Waals surface area contributed by atoms with Crippen molar-refractivity contribution >= 4 is 0 Å². The molecule has 1 aliphatic carbocycles. The molecule has 3 atom stereocenters. The first kappa shape index (κ1) is 13.7. The van der Waals surface area contributed by atoms with Crippen molar-refractivity contribution in [3.8, 4) is 0 Å². The number of likely N-dealkylation sites (tertiary alicyclic amines) is 1. The second-order valence-electron chi connectivity index (χ2n) is 7.38. The average molecular weight is 308 g/mol. The molecule has 3 heterocycles. The molecule has 2 aliphatic heterocycles. The third-order valence-electron chi connectivity index (χ3n) is 5.91. The van der Waals surface area contributed by atoms with E-state index < -0.39 is 0 Å². The number of benzene rings is 1. The molecule has 3 aliphatic rings. The molecular formula is C19H24N4. The van der Waals surface area contributed by atoms with Crippen molar-refractivity contribution in [1.29, 1.82) is 0 Å². The quantitative estimate of drug-likeness (QED) is 0.874. The number of aromatic nitrogens is 3. The molecule has 120 valence electrons. The summed E-state index contributed by atoms with van der Waals surface area (Å²) in [5, 5.41) is 8.95. The maximum atomic E-state index is 4.54. The van der Waals surface area contributed by atoms with Crippen LogP contribution in [0.1, 0.15) is 54.7 Å². The van der Waals surface area contributed by atoms with E-state index in [-0.39, 0.29) is 0 Å². The van der Waals surface area contributed by atoms with E-state index in [0.717, 1.165) is 24.9 Å². The summed E-state index contributed by atoms with van der Waals surface area (Å²) in [7, 11) is 0. The van der Waals surface area contributed by atoms with Gasteiger partial charge >= 0.3 is 0 Å². The summed E-state index contributed by atoms with van der Waals surface area (Å²) in [6, 6.07) is 11.8. The highest BCUT2D eigenvalue weighted by atomic mass is 15.3. The minimum Gasteiger partial charge on any atom is -0.315 e. The highest BCUT2D eigenvalue weighted by Gasteiger charge is 2.44. The van der Waals surface area contributed by atoms with Gasteiger partial charge in [-0.05, 0) is 37.8 Å². The summed E-state index contributed by atoms with van der Waals surface area (Å²) >= 11 is 0. The van der Waals surface area contributed by atoms with Gasteiger partial charge in [0.2, 0.25) is 0 Å². The lowest BCUT2D eigenvalue weighted by molar-refractivity contribution is 0.190. The summed E-state index contributed by atoms with van der Waals surface area (Å²) in [5.74, 6) is 3.81. The molecule has 4 heteroatoms. The smallest absolute Gasteiger partial charge is 0.137 e. The van der Waals surface area contributed by atoms with E-state index in [1.807, 2.05) is 0 Å². The molecule has 0 radical (unpaired) electrons. The molecule has 1 saturated heterocycles. The zero-order chi connectivity index (χ0) is 15.2. The highest BCUT2D eigenvalue weighted by Crippen LogP contribution is 2.46. The monoisotopic (exact) mass is 308 g/mol. The molecule has 1 saturated carbocycles. The van der Waals surface area contributed by atoms with E-state index >= 15 is 0 Å². The van der Waals surface area contributed by atoms with Gasteiger partial charge in [-0.2, -0.15) is 0 Å². The summed E-state index contributed by atoms with van der Waals surface area (Å²) in [6.07, 6.45) is 6.26. The SMILES string of the molecule is c1ccc([C@@H]2C[C@@H]2N2CCCC(c3nnc4n3CCC4)C2)cc1. The lowest BCUT2D eigenvalue weighted by atomic mass is 9.96. The molecule has 0 amide bonds. The Hall–Kier alpha value is -1.68. The molecule has 1 aromatic carbocycles. The van der Waals surface area contributed by atoms with E-state index in [9.17, 15) is 0 Å². The molecular weight excluding hydrogens is 284 g/mol. The Morgan fingerprint density at radius 3 is 2.83 bits per heavy atom. The van der Waals surface area contributed by atoms with E-state index in [2.05, 4.69) is 50.0 Å². The van der Waals surface area contributed by atoms with E-state index in [0.29, 0.717) is 5.92 Å². The van der Waals surface area contributed by atoms with Crippen molar-refractivity contribution in [2.24, 2.45) is 0 Å². The van der Waals surface area contributed by atoms with Crippen LogP contribution in [0.4, 0.5) is 0 Å². The largest absolute Gasteiger partial charge is 0.315 e. The number of aryl methyl sites for hydroxylation is 1. The normalized spacial score (nSPS) is 30.3. The Morgan fingerprint density at radius 1 is 1.00 bits per heavy atom. The lowest BCUT2D eigenvalue weighted by Crippen LogP contribution is -2.37. The van der Waals surface area contributed by atoms with Gasteiger partial charge in [0.05, 0.1) is 0 Å². The zero-order valence-electron chi connectivity index (χ0n) is 13.6. The van der Waals surface area contributed by atoms with Gasteiger partial charge in [-0.1, -0.05) is 30.3 Å². The van der Waals surface area contributed by atoms with Gasteiger partial charge in [-0.15, -0.1) is 10.2 Å². The van der Waals surface area contributed by atoms with Crippen LogP contribution < -0.4 is 0 Å². The van der Waals surface area contributed by atoms with Gasteiger partial charge in [0.15, 0.2) is 0 Å². The Kier molecular flexibility index (Phi) is 3.25. The van der Waals surface area contributed by atoms with Gasteiger partial charge in [-0.25, -0.2) is 0 Å². The third-order valence-corrected chi connectivity index (χ3v) is 5.91. The molecule has 5 rings (SSSR count). The van der Waals surface area contributed by atoms with Crippen LogP contribution in [0.3, 0.4) is 0 Å². The van der Waals surface area contributed by atoms with E-state index in [1.54, 1.807) is 0 Å². The van der Waals surface area contributed by atoms with Gasteiger partial charge in [0.1, 0.15) is 11.6 Å². The first-order chi connectivity index (χ1) is 11.4. The Balaban J connectivity index is 1.30. The second-order valence-corrected chi connectivity index (χ2v) is 7.38. The van der Waals surface area contributed by atoms with Gasteiger partial charge in [0, 0.05) is 37.4 Å². The van der Waals surface area contributed by atoms with Crippen molar-refractivity contribution < 1.29 is 0 Å². The van der Waals surface area contributed by atoms with Crippen LogP contribution in [0.5, 0.6) is 0 Å². The van der Waals surface area contributed by atoms with Crippen molar-refractivity contribution in [1.82, 2.24) is 19.7 Å². The second kappa shape index (κ2) is 5.45. The first-order valence-electron chi connectivity index (χ1n) is 9.11. The van der Waals surface area contributed by atoms with Crippen molar-refractivity contribution in [3.05, 3.63) is 47.5 Å². The van der Waals surface area contributed by atoms with Crippen LogP contribution in [-0.2, 0) is 13.0 Å². The summed E-state index contributed by atoms with van der Waals surface area (Å²) in [6.45, 7) is 3.56. The van der Waals surface area contributed by atoms with Crippen molar-refractivity contribution in [3.63, 3.8) is 0 Å². The average Bonchev–Trinajstić information content (AvgIpc) is 3.10. The fourth-order valence-corrected chi connectivity index (χ4v) is 4.64. The molecule has 4 nitrogen and oxygen atoms in total. The predicted molar refractivity (Wildman–Crippen MR) is 89.5 cm³/mol. The van der Waals surface area contributed by atoms with E-state index in [4.69, 9.17) is 0 Å². The van der Waals surface area contributed by atoms with Crippen molar-refractivity contribution in [2.75, 3.05) is 13.1 Å². The highest BCUT2D eigenvalue weighted by molar-refractivity contribution is 5.28. The fourth-order valence-electron chi connectivity index (χ4n) is 4.64. The third kappa shape index (κ3) is 2.40. The van der Waals surface area contributed by atoms with Crippen LogP contribution in [0.2, 0.25) is 0 Å². The fraction of sp³-hybridized carbons (Fsp3) is 0.579. The Labute approximate surface area is 137 Å². The van der Waals surface area contributed by atoms with Crippen LogP contribution >= 0.6 is 0 Å². The summed E-state index contributed by atoms with van der Waals surface area (Å²) < 4.78 is 2.40. The van der Waals surface area contributed by atoms with Gasteiger partial charge < -0.3 is 4.57 Å². The van der Waals surface area contributed by atoms with Gasteiger partial charge in [0.25, 0.3) is 0 Å². The number of nitrogens with zero attached hydrogens (tertiary/aromatic N) is 4. The number of fused-ring (bicyclic) bond motifs is 1. The molecule has 0 N–H and O–H groups in total. The van der Waals surface area contributed by atoms with Crippen LogP contribution in [-0.4, -0.2) is 38.8 Å². The zero-order valence-corrected chi connectivity index (χ0v) is 13.6. The van der Waals surface area contributed by atoms with E-state index in [1.165, 1.54) is 56.0 Å². The first-order valence-corrected chi connectivity index (χ1v) is 9.11.